The van der Waals surface area contributed by atoms with Gasteiger partial charge in [-0.05, 0) is 18.1 Å². The van der Waals surface area contributed by atoms with E-state index in [4.69, 9.17) is 9.84 Å². The van der Waals surface area contributed by atoms with Crippen molar-refractivity contribution in [1.82, 2.24) is 5.32 Å². The van der Waals surface area contributed by atoms with Crippen LogP contribution < -0.4 is 10.1 Å². The van der Waals surface area contributed by atoms with E-state index in [1.807, 2.05) is 13.8 Å². The fraction of sp³-hybridized carbons (Fsp3) is 0.385. The highest BCUT2D eigenvalue weighted by atomic mass is 19.1. The molecule has 0 fully saturated rings. The average molecular weight is 269 g/mol. The number of hydrogen-bond donors (Lipinski definition) is 2. The van der Waals surface area contributed by atoms with E-state index in [2.05, 4.69) is 5.32 Å². The summed E-state index contributed by atoms with van der Waals surface area (Å²) >= 11 is 0. The Balaban J connectivity index is 2.58. The van der Waals surface area contributed by atoms with Crippen LogP contribution in [0.4, 0.5) is 4.39 Å². The number of carbonyl (C=O) groups is 2. The molecule has 0 aliphatic rings. The summed E-state index contributed by atoms with van der Waals surface area (Å²) in [5, 5.41) is 11.4. The summed E-state index contributed by atoms with van der Waals surface area (Å²) in [5.41, 5.74) is -0.224. The van der Waals surface area contributed by atoms with Crippen molar-refractivity contribution in [1.29, 1.82) is 0 Å². The summed E-state index contributed by atoms with van der Waals surface area (Å²) < 4.78 is 18.2. The van der Waals surface area contributed by atoms with Crippen molar-refractivity contribution in [2.45, 2.75) is 13.8 Å². The highest BCUT2D eigenvalue weighted by molar-refractivity contribution is 5.88. The quantitative estimate of drug-likeness (QED) is 0.823. The minimum absolute atomic E-state index is 0.0112. The van der Waals surface area contributed by atoms with Gasteiger partial charge >= 0.3 is 5.97 Å². The molecule has 6 heteroatoms. The second-order valence-electron chi connectivity index (χ2n) is 4.47. The van der Waals surface area contributed by atoms with Gasteiger partial charge in [0.25, 0.3) is 5.91 Å². The molecule has 0 heterocycles. The van der Waals surface area contributed by atoms with Crippen LogP contribution in [-0.2, 0) is 4.79 Å². The first-order chi connectivity index (χ1) is 8.88. The number of rotatable bonds is 6. The lowest BCUT2D eigenvalue weighted by Crippen LogP contribution is -2.31. The minimum atomic E-state index is -1.26. The third kappa shape index (κ3) is 5.37. The van der Waals surface area contributed by atoms with Crippen LogP contribution in [-0.4, -0.2) is 30.1 Å². The average Bonchev–Trinajstić information content (AvgIpc) is 2.33. The lowest BCUT2D eigenvalue weighted by molar-refractivity contribution is -0.123. The molecule has 1 amide bonds. The fourth-order valence-electron chi connectivity index (χ4n) is 1.29. The van der Waals surface area contributed by atoms with Crippen molar-refractivity contribution in [3.63, 3.8) is 0 Å². The van der Waals surface area contributed by atoms with Crippen LogP contribution in [0, 0.1) is 11.7 Å². The van der Waals surface area contributed by atoms with E-state index in [0.717, 1.165) is 12.1 Å². The van der Waals surface area contributed by atoms with Crippen molar-refractivity contribution in [2.24, 2.45) is 5.92 Å². The largest absolute Gasteiger partial charge is 0.484 e. The fourth-order valence-corrected chi connectivity index (χ4v) is 1.29. The molecule has 0 radical (unpaired) electrons. The van der Waals surface area contributed by atoms with Gasteiger partial charge in [-0.3, -0.25) is 4.79 Å². The molecule has 1 rings (SSSR count). The Morgan fingerprint density at radius 3 is 2.63 bits per heavy atom. The van der Waals surface area contributed by atoms with Crippen molar-refractivity contribution in [2.75, 3.05) is 13.2 Å². The molecule has 0 aliphatic heterocycles. The smallest absolute Gasteiger partial charge is 0.335 e. The molecule has 0 spiro atoms. The highest BCUT2D eigenvalue weighted by Gasteiger charge is 2.09. The Labute approximate surface area is 110 Å². The second-order valence-corrected chi connectivity index (χ2v) is 4.47. The maximum absolute atomic E-state index is 13.1. The number of carboxylic acids is 1. The molecule has 2 N–H and O–H groups in total. The van der Waals surface area contributed by atoms with Gasteiger partial charge in [0.2, 0.25) is 0 Å². The predicted molar refractivity (Wildman–Crippen MR) is 66.7 cm³/mol. The molecule has 5 nitrogen and oxygen atoms in total. The SMILES string of the molecule is CC(C)CNC(=O)COc1cc(F)cc(C(=O)O)c1. The van der Waals surface area contributed by atoms with E-state index < -0.39 is 11.8 Å². The van der Waals surface area contributed by atoms with E-state index in [9.17, 15) is 14.0 Å². The summed E-state index contributed by atoms with van der Waals surface area (Å²) in [7, 11) is 0. The third-order valence-electron chi connectivity index (χ3n) is 2.20. The van der Waals surface area contributed by atoms with Gasteiger partial charge in [-0.1, -0.05) is 13.8 Å². The number of halogens is 1. The number of benzene rings is 1. The van der Waals surface area contributed by atoms with Gasteiger partial charge in [-0.2, -0.15) is 0 Å². The molecule has 1 aromatic carbocycles. The van der Waals surface area contributed by atoms with Gasteiger partial charge in [-0.25, -0.2) is 9.18 Å². The maximum atomic E-state index is 13.1. The minimum Gasteiger partial charge on any atom is -0.484 e. The van der Waals surface area contributed by atoms with E-state index in [-0.39, 0.29) is 23.8 Å². The number of hydrogen-bond acceptors (Lipinski definition) is 3. The standard InChI is InChI=1S/C13H16FNO4/c1-8(2)6-15-12(16)7-19-11-4-9(13(17)18)3-10(14)5-11/h3-5,8H,6-7H2,1-2H3,(H,15,16)(H,17,18). The Morgan fingerprint density at radius 1 is 1.37 bits per heavy atom. The van der Waals surface area contributed by atoms with Crippen molar-refractivity contribution >= 4 is 11.9 Å². The molecule has 0 unspecified atom stereocenters. The van der Waals surface area contributed by atoms with Gasteiger partial charge in [0.15, 0.2) is 6.61 Å². The van der Waals surface area contributed by atoms with Gasteiger partial charge in [0.05, 0.1) is 5.56 Å². The van der Waals surface area contributed by atoms with Crippen LogP contribution in [0.2, 0.25) is 0 Å². The van der Waals surface area contributed by atoms with E-state index in [1.165, 1.54) is 6.07 Å². The monoisotopic (exact) mass is 269 g/mol. The van der Waals surface area contributed by atoms with E-state index in [1.54, 1.807) is 0 Å². The van der Waals surface area contributed by atoms with Crippen LogP contribution in [0.3, 0.4) is 0 Å². The molecular weight excluding hydrogens is 253 g/mol. The molecule has 1 aromatic rings. The normalized spacial score (nSPS) is 10.3. The summed E-state index contributed by atoms with van der Waals surface area (Å²) in [6, 6.07) is 3.08. The molecular formula is C13H16FNO4. The van der Waals surface area contributed by atoms with Crippen LogP contribution in [0.25, 0.3) is 0 Å². The van der Waals surface area contributed by atoms with Crippen molar-refractivity contribution in [3.05, 3.63) is 29.6 Å². The first-order valence-corrected chi connectivity index (χ1v) is 5.82. The van der Waals surface area contributed by atoms with Crippen LogP contribution >= 0.6 is 0 Å². The zero-order valence-electron chi connectivity index (χ0n) is 10.8. The Morgan fingerprint density at radius 2 is 2.05 bits per heavy atom. The van der Waals surface area contributed by atoms with Gasteiger partial charge < -0.3 is 15.2 Å². The van der Waals surface area contributed by atoms with E-state index in [0.29, 0.717) is 12.5 Å². The number of ether oxygens (including phenoxy) is 1. The topological polar surface area (TPSA) is 75.6 Å². The Hall–Kier alpha value is -2.11. The lowest BCUT2D eigenvalue weighted by Gasteiger charge is -2.09. The number of carbonyl (C=O) groups excluding carboxylic acids is 1. The Kier molecular flexibility index (Phi) is 5.29. The summed E-state index contributed by atoms with van der Waals surface area (Å²) in [4.78, 5) is 22.1. The number of amides is 1. The molecule has 0 saturated carbocycles. The summed E-state index contributed by atoms with van der Waals surface area (Å²) in [6.07, 6.45) is 0. The molecule has 0 aliphatic carbocycles. The molecule has 0 bridgehead atoms. The highest BCUT2D eigenvalue weighted by Crippen LogP contribution is 2.16. The zero-order chi connectivity index (χ0) is 14.4. The summed E-state index contributed by atoms with van der Waals surface area (Å²) in [6.45, 7) is 4.14. The van der Waals surface area contributed by atoms with Crippen molar-refractivity contribution < 1.29 is 23.8 Å². The Bertz CT molecular complexity index is 474. The zero-order valence-corrected chi connectivity index (χ0v) is 10.8. The van der Waals surface area contributed by atoms with E-state index >= 15 is 0 Å². The second kappa shape index (κ2) is 6.72. The first-order valence-electron chi connectivity index (χ1n) is 5.82. The first kappa shape index (κ1) is 14.9. The number of aromatic carboxylic acids is 1. The van der Waals surface area contributed by atoms with Crippen LogP contribution in [0.5, 0.6) is 5.75 Å². The van der Waals surface area contributed by atoms with Gasteiger partial charge in [0.1, 0.15) is 11.6 Å². The number of carboxylic acid groups (broad SMARTS) is 1. The molecule has 0 aromatic heterocycles. The molecule has 0 atom stereocenters. The molecule has 104 valence electrons. The van der Waals surface area contributed by atoms with Crippen LogP contribution in [0.1, 0.15) is 24.2 Å². The maximum Gasteiger partial charge on any atom is 0.335 e. The van der Waals surface area contributed by atoms with Crippen LogP contribution in [0.15, 0.2) is 18.2 Å². The molecule has 19 heavy (non-hydrogen) atoms. The third-order valence-corrected chi connectivity index (χ3v) is 2.20. The van der Waals surface area contributed by atoms with Gasteiger partial charge in [0, 0.05) is 12.6 Å². The van der Waals surface area contributed by atoms with Gasteiger partial charge in [-0.15, -0.1) is 0 Å². The predicted octanol–water partition coefficient (Wildman–Crippen LogP) is 1.67. The van der Waals surface area contributed by atoms with Crippen molar-refractivity contribution in [3.8, 4) is 5.75 Å². The lowest BCUT2D eigenvalue weighted by atomic mass is 10.2. The molecule has 0 saturated heterocycles. The number of nitrogens with one attached hydrogen (secondary N) is 1. The summed E-state index contributed by atoms with van der Waals surface area (Å²) in [5.74, 6) is -1.99.